The number of carbonyl (C=O) groups excluding carboxylic acids is 1. The van der Waals surface area contributed by atoms with Crippen molar-refractivity contribution in [2.45, 2.75) is 46.0 Å². The molecule has 0 spiro atoms. The zero-order valence-electron chi connectivity index (χ0n) is 17.2. The first-order valence-corrected chi connectivity index (χ1v) is 11.0. The van der Waals surface area contributed by atoms with E-state index >= 15 is 0 Å². The predicted molar refractivity (Wildman–Crippen MR) is 119 cm³/mol. The molecule has 5 heteroatoms. The lowest BCUT2D eigenvalue weighted by molar-refractivity contribution is 0.0976. The highest BCUT2D eigenvalue weighted by Gasteiger charge is 2.19. The van der Waals surface area contributed by atoms with Gasteiger partial charge in [-0.2, -0.15) is 0 Å². The molecule has 0 unspecified atom stereocenters. The Labute approximate surface area is 177 Å². The molecule has 0 N–H and O–H groups in total. The number of hydrogen-bond acceptors (Lipinski definition) is 3. The van der Waals surface area contributed by atoms with Gasteiger partial charge in [-0.05, 0) is 61.4 Å². The summed E-state index contributed by atoms with van der Waals surface area (Å²) in [5, 5.41) is 0.606. The first-order valence-electron chi connectivity index (χ1n) is 10.6. The molecular weight excluding hydrogens is 382 g/mol. The number of fused-ring (bicyclic) bond motifs is 1. The Morgan fingerprint density at radius 2 is 1.86 bits per heavy atom. The zero-order chi connectivity index (χ0) is 20.4. The van der Waals surface area contributed by atoms with Crippen LogP contribution in [0.1, 0.15) is 54.9 Å². The van der Waals surface area contributed by atoms with E-state index in [1.54, 1.807) is 6.20 Å². The molecule has 152 valence electrons. The topological polar surface area (TPSA) is 37.6 Å². The second-order valence-corrected chi connectivity index (χ2v) is 8.53. The minimum atomic E-state index is 0.116. The van der Waals surface area contributed by atoms with E-state index in [0.717, 1.165) is 43.2 Å². The number of rotatable bonds is 6. The summed E-state index contributed by atoms with van der Waals surface area (Å²) in [6, 6.07) is 12.4. The standard InChI is InChI=1S/C24H28ClN3O/c1-3-21-24(28-16-19(25)7-11-23(28)26-21)22(29)10-6-18-4-8-20(9-5-18)27-14-12-17(2)13-15-27/h4-5,7-9,11,16-17H,3,6,10,12-15H2,1-2H3. The highest BCUT2D eigenvalue weighted by molar-refractivity contribution is 6.30. The zero-order valence-corrected chi connectivity index (χ0v) is 18.0. The molecule has 1 saturated heterocycles. The van der Waals surface area contributed by atoms with E-state index in [1.807, 2.05) is 23.5 Å². The molecule has 0 bridgehead atoms. The average molecular weight is 410 g/mol. The van der Waals surface area contributed by atoms with Crippen LogP contribution in [0.5, 0.6) is 0 Å². The van der Waals surface area contributed by atoms with Crippen molar-refractivity contribution in [1.82, 2.24) is 9.38 Å². The summed E-state index contributed by atoms with van der Waals surface area (Å²) in [6.45, 7) is 6.63. The molecular formula is C24H28ClN3O. The third kappa shape index (κ3) is 4.32. The van der Waals surface area contributed by atoms with Gasteiger partial charge in [-0.25, -0.2) is 4.98 Å². The summed E-state index contributed by atoms with van der Waals surface area (Å²) >= 11 is 6.14. The Balaban J connectivity index is 1.45. The van der Waals surface area contributed by atoms with Crippen LogP contribution in [0.4, 0.5) is 5.69 Å². The quantitative estimate of drug-likeness (QED) is 0.497. The summed E-state index contributed by atoms with van der Waals surface area (Å²) in [6.07, 6.45) is 6.23. The molecule has 0 aliphatic carbocycles. The van der Waals surface area contributed by atoms with Gasteiger partial charge in [0.15, 0.2) is 5.78 Å². The Hall–Kier alpha value is -2.33. The second-order valence-electron chi connectivity index (χ2n) is 8.10. The largest absolute Gasteiger partial charge is 0.372 e. The maximum atomic E-state index is 13.0. The lowest BCUT2D eigenvalue weighted by Gasteiger charge is -2.32. The number of aromatic nitrogens is 2. The van der Waals surface area contributed by atoms with Gasteiger partial charge in [0.25, 0.3) is 0 Å². The number of nitrogens with zero attached hydrogens (tertiary/aromatic N) is 3. The first-order chi connectivity index (χ1) is 14.0. The third-order valence-corrected chi connectivity index (χ3v) is 6.20. The Morgan fingerprint density at radius 1 is 1.14 bits per heavy atom. The SMILES string of the molecule is CCc1nc2ccc(Cl)cn2c1C(=O)CCc1ccc(N2CCC(C)CC2)cc1. The van der Waals surface area contributed by atoms with Crippen LogP contribution in [0.15, 0.2) is 42.6 Å². The highest BCUT2D eigenvalue weighted by atomic mass is 35.5. The van der Waals surface area contributed by atoms with Gasteiger partial charge in [0.05, 0.1) is 10.7 Å². The minimum Gasteiger partial charge on any atom is -0.372 e. The lowest BCUT2D eigenvalue weighted by atomic mass is 9.98. The van der Waals surface area contributed by atoms with E-state index < -0.39 is 0 Å². The smallest absolute Gasteiger partial charge is 0.181 e. The van der Waals surface area contributed by atoms with Gasteiger partial charge < -0.3 is 4.90 Å². The fourth-order valence-electron chi connectivity index (χ4n) is 4.13. The van der Waals surface area contributed by atoms with Gasteiger partial charge in [0, 0.05) is 31.4 Å². The first kappa shape index (κ1) is 20.0. The van der Waals surface area contributed by atoms with E-state index in [9.17, 15) is 4.79 Å². The number of ketones is 1. The monoisotopic (exact) mass is 409 g/mol. The maximum Gasteiger partial charge on any atom is 0.181 e. The van der Waals surface area contributed by atoms with Crippen LogP contribution < -0.4 is 4.90 Å². The summed E-state index contributed by atoms with van der Waals surface area (Å²) in [5.74, 6) is 0.949. The number of piperidine rings is 1. The summed E-state index contributed by atoms with van der Waals surface area (Å²) in [4.78, 5) is 20.1. The molecule has 0 atom stereocenters. The van der Waals surface area contributed by atoms with Crippen LogP contribution >= 0.6 is 11.6 Å². The number of halogens is 1. The molecule has 4 nitrogen and oxygen atoms in total. The van der Waals surface area contributed by atoms with E-state index in [2.05, 4.69) is 41.1 Å². The predicted octanol–water partition coefficient (Wildman–Crippen LogP) is 5.60. The normalized spacial score (nSPS) is 15.2. The molecule has 0 amide bonds. The van der Waals surface area contributed by atoms with Crippen LogP contribution in [0.2, 0.25) is 5.02 Å². The number of aryl methyl sites for hydroxylation is 2. The summed E-state index contributed by atoms with van der Waals surface area (Å²) < 4.78 is 1.84. The van der Waals surface area contributed by atoms with Gasteiger partial charge in [-0.3, -0.25) is 9.20 Å². The van der Waals surface area contributed by atoms with E-state index in [0.29, 0.717) is 17.1 Å². The van der Waals surface area contributed by atoms with Crippen LogP contribution in [0.3, 0.4) is 0 Å². The molecule has 1 aliphatic heterocycles. The number of pyridine rings is 1. The van der Waals surface area contributed by atoms with Crippen molar-refractivity contribution < 1.29 is 4.79 Å². The number of anilines is 1. The number of benzene rings is 1. The third-order valence-electron chi connectivity index (χ3n) is 5.98. The molecule has 2 aromatic heterocycles. The van der Waals surface area contributed by atoms with Crippen LogP contribution in [0, 0.1) is 5.92 Å². The fraction of sp³-hybridized carbons (Fsp3) is 0.417. The average Bonchev–Trinajstić information content (AvgIpc) is 3.11. The molecule has 0 radical (unpaired) electrons. The molecule has 3 aromatic rings. The Kier molecular flexibility index (Phi) is 5.91. The van der Waals surface area contributed by atoms with Crippen LogP contribution in [-0.4, -0.2) is 28.3 Å². The van der Waals surface area contributed by atoms with Gasteiger partial charge >= 0.3 is 0 Å². The number of imidazole rings is 1. The highest BCUT2D eigenvalue weighted by Crippen LogP contribution is 2.24. The molecule has 1 aliphatic rings. The molecule has 0 saturated carbocycles. The van der Waals surface area contributed by atoms with Crippen molar-refractivity contribution in [2.75, 3.05) is 18.0 Å². The lowest BCUT2D eigenvalue weighted by Crippen LogP contribution is -2.32. The summed E-state index contributed by atoms with van der Waals surface area (Å²) in [7, 11) is 0. The summed E-state index contributed by atoms with van der Waals surface area (Å²) in [5.41, 5.74) is 4.76. The van der Waals surface area contributed by atoms with Gasteiger partial charge in [-0.15, -0.1) is 0 Å². The number of hydrogen-bond donors (Lipinski definition) is 0. The molecule has 4 rings (SSSR count). The van der Waals surface area contributed by atoms with Crippen molar-refractivity contribution in [2.24, 2.45) is 5.92 Å². The molecule has 29 heavy (non-hydrogen) atoms. The Morgan fingerprint density at radius 3 is 2.55 bits per heavy atom. The van der Waals surface area contributed by atoms with E-state index in [-0.39, 0.29) is 5.78 Å². The van der Waals surface area contributed by atoms with Crippen molar-refractivity contribution >= 4 is 28.7 Å². The van der Waals surface area contributed by atoms with E-state index in [4.69, 9.17) is 11.6 Å². The van der Waals surface area contributed by atoms with Gasteiger partial charge in [0.1, 0.15) is 11.3 Å². The van der Waals surface area contributed by atoms with Crippen LogP contribution in [-0.2, 0) is 12.8 Å². The number of carbonyl (C=O) groups is 1. The van der Waals surface area contributed by atoms with Crippen molar-refractivity contribution in [3.05, 3.63) is 64.6 Å². The molecule has 1 aromatic carbocycles. The van der Waals surface area contributed by atoms with Crippen LogP contribution in [0.25, 0.3) is 5.65 Å². The Bertz CT molecular complexity index is 1000. The van der Waals surface area contributed by atoms with E-state index in [1.165, 1.54) is 24.1 Å². The van der Waals surface area contributed by atoms with Crippen molar-refractivity contribution in [1.29, 1.82) is 0 Å². The minimum absolute atomic E-state index is 0.116. The molecule has 3 heterocycles. The molecule has 1 fully saturated rings. The van der Waals surface area contributed by atoms with Crippen molar-refractivity contribution in [3.8, 4) is 0 Å². The maximum absolute atomic E-state index is 13.0. The fourth-order valence-corrected chi connectivity index (χ4v) is 4.29. The van der Waals surface area contributed by atoms with Gasteiger partial charge in [-0.1, -0.05) is 37.6 Å². The number of Topliss-reactive ketones (excluding diaryl/α,β-unsaturated/α-hetero) is 1. The second kappa shape index (κ2) is 8.58. The van der Waals surface area contributed by atoms with Crippen molar-refractivity contribution in [3.63, 3.8) is 0 Å². The van der Waals surface area contributed by atoms with Gasteiger partial charge in [0.2, 0.25) is 0 Å².